The Kier molecular flexibility index (Phi) is 4.53. The molecule has 1 aliphatic heterocycles. The van der Waals surface area contributed by atoms with E-state index in [4.69, 9.17) is 9.47 Å². The van der Waals surface area contributed by atoms with E-state index in [1.807, 2.05) is 30.5 Å². The number of hydrogen-bond acceptors (Lipinski definition) is 6. The average Bonchev–Trinajstić information content (AvgIpc) is 3.19. The second-order valence-electron chi connectivity index (χ2n) is 6.18. The first kappa shape index (κ1) is 16.5. The van der Waals surface area contributed by atoms with E-state index in [2.05, 4.69) is 39.0 Å². The largest absolute Gasteiger partial charge is 0.481 e. The molecule has 26 heavy (non-hydrogen) atoms. The molecule has 3 heterocycles. The predicted octanol–water partition coefficient (Wildman–Crippen LogP) is 2.48. The molecule has 1 aliphatic rings. The van der Waals surface area contributed by atoms with E-state index in [1.165, 1.54) is 5.56 Å². The van der Waals surface area contributed by atoms with Gasteiger partial charge in [-0.1, -0.05) is 23.8 Å². The zero-order valence-corrected chi connectivity index (χ0v) is 14.9. The first-order valence-corrected chi connectivity index (χ1v) is 8.62. The van der Waals surface area contributed by atoms with Crippen LogP contribution in [-0.4, -0.2) is 53.2 Å². The van der Waals surface area contributed by atoms with E-state index in [0.29, 0.717) is 25.0 Å². The molecule has 0 radical (unpaired) electrons. The molecular weight excluding hydrogens is 330 g/mol. The van der Waals surface area contributed by atoms with Gasteiger partial charge in [0, 0.05) is 30.9 Å². The number of benzene rings is 1. The molecular formula is C19H21N5O2. The lowest BCUT2D eigenvalue weighted by molar-refractivity contribution is 0.122. The Morgan fingerprint density at radius 3 is 2.69 bits per heavy atom. The van der Waals surface area contributed by atoms with Crippen molar-refractivity contribution >= 4 is 5.82 Å². The second-order valence-corrected chi connectivity index (χ2v) is 6.18. The topological polar surface area (TPSA) is 65.3 Å². The van der Waals surface area contributed by atoms with Gasteiger partial charge in [-0.05, 0) is 19.1 Å². The molecule has 3 aromatic rings. The van der Waals surface area contributed by atoms with Crippen LogP contribution >= 0.6 is 0 Å². The molecule has 1 fully saturated rings. The van der Waals surface area contributed by atoms with Crippen molar-refractivity contribution in [2.75, 3.05) is 38.3 Å². The van der Waals surface area contributed by atoms with Gasteiger partial charge in [0.1, 0.15) is 5.82 Å². The van der Waals surface area contributed by atoms with Gasteiger partial charge in [0.2, 0.25) is 5.88 Å². The lowest BCUT2D eigenvalue weighted by Gasteiger charge is -2.28. The number of ether oxygens (including phenoxy) is 2. The number of aryl methyl sites for hydroxylation is 1. The van der Waals surface area contributed by atoms with Crippen molar-refractivity contribution in [1.82, 2.24) is 19.7 Å². The molecule has 1 aromatic carbocycles. The van der Waals surface area contributed by atoms with Gasteiger partial charge in [-0.25, -0.2) is 4.68 Å². The number of aromatic nitrogens is 4. The Hall–Kier alpha value is -2.93. The molecule has 4 rings (SSSR count). The molecule has 1 saturated heterocycles. The van der Waals surface area contributed by atoms with E-state index in [1.54, 1.807) is 11.8 Å². The highest BCUT2D eigenvalue weighted by Gasteiger charge is 2.16. The lowest BCUT2D eigenvalue weighted by atomic mass is 10.1. The number of anilines is 1. The molecule has 0 atom stereocenters. The summed E-state index contributed by atoms with van der Waals surface area (Å²) >= 11 is 0. The van der Waals surface area contributed by atoms with Crippen molar-refractivity contribution in [1.29, 1.82) is 0 Å². The molecule has 7 nitrogen and oxygen atoms in total. The van der Waals surface area contributed by atoms with Gasteiger partial charge in [0.05, 0.1) is 26.0 Å². The van der Waals surface area contributed by atoms with E-state index in [-0.39, 0.29) is 0 Å². The van der Waals surface area contributed by atoms with Crippen molar-refractivity contribution in [3.8, 4) is 23.1 Å². The van der Waals surface area contributed by atoms with Crippen LogP contribution in [0.25, 0.3) is 17.2 Å². The minimum atomic E-state index is 0.491. The molecule has 0 bridgehead atoms. The maximum atomic E-state index is 5.42. The second kappa shape index (κ2) is 7.13. The van der Waals surface area contributed by atoms with Crippen LogP contribution in [-0.2, 0) is 4.74 Å². The van der Waals surface area contributed by atoms with Crippen LogP contribution in [0, 0.1) is 6.92 Å². The van der Waals surface area contributed by atoms with E-state index < -0.39 is 0 Å². The van der Waals surface area contributed by atoms with Crippen molar-refractivity contribution in [3.05, 3.63) is 48.2 Å². The van der Waals surface area contributed by atoms with Crippen LogP contribution in [0.15, 0.2) is 42.6 Å². The summed E-state index contributed by atoms with van der Waals surface area (Å²) in [6.07, 6.45) is 1.87. The Bertz CT molecular complexity index is 902. The van der Waals surface area contributed by atoms with E-state index in [0.717, 1.165) is 30.2 Å². The summed E-state index contributed by atoms with van der Waals surface area (Å²) in [6, 6.07) is 12.1. The fraction of sp³-hybridized carbons (Fsp3) is 0.316. The standard InChI is InChI=1S/C19H21N5O2/c1-14-4-3-5-15(12-14)16-6-7-24(22-16)19-20-17(13-18(21-19)25-2)23-8-10-26-11-9-23/h3-7,12-13H,8-11H2,1-2H3. The van der Waals surface area contributed by atoms with Crippen molar-refractivity contribution in [3.63, 3.8) is 0 Å². The molecule has 134 valence electrons. The Balaban J connectivity index is 1.69. The third-order valence-corrected chi connectivity index (χ3v) is 4.33. The van der Waals surface area contributed by atoms with Crippen molar-refractivity contribution in [2.24, 2.45) is 0 Å². The van der Waals surface area contributed by atoms with Gasteiger partial charge in [0.25, 0.3) is 5.95 Å². The van der Waals surface area contributed by atoms with Crippen molar-refractivity contribution < 1.29 is 9.47 Å². The summed E-state index contributed by atoms with van der Waals surface area (Å²) in [4.78, 5) is 11.3. The Labute approximate surface area is 152 Å². The smallest absolute Gasteiger partial charge is 0.255 e. The SMILES string of the molecule is COc1cc(N2CCOCC2)nc(-n2ccc(-c3cccc(C)c3)n2)n1. The highest BCUT2D eigenvalue weighted by Crippen LogP contribution is 2.22. The third-order valence-electron chi connectivity index (χ3n) is 4.33. The quantitative estimate of drug-likeness (QED) is 0.719. The van der Waals surface area contributed by atoms with Gasteiger partial charge in [-0.2, -0.15) is 15.1 Å². The van der Waals surface area contributed by atoms with Gasteiger partial charge >= 0.3 is 0 Å². The minimum Gasteiger partial charge on any atom is -0.481 e. The summed E-state index contributed by atoms with van der Waals surface area (Å²) in [5.41, 5.74) is 3.15. The summed E-state index contributed by atoms with van der Waals surface area (Å²) in [5, 5.41) is 4.65. The molecule has 7 heteroatoms. The average molecular weight is 351 g/mol. The Morgan fingerprint density at radius 2 is 1.92 bits per heavy atom. The van der Waals surface area contributed by atoms with Gasteiger partial charge in [-0.15, -0.1) is 0 Å². The molecule has 0 amide bonds. The molecule has 0 spiro atoms. The van der Waals surface area contributed by atoms with Gasteiger partial charge < -0.3 is 14.4 Å². The minimum absolute atomic E-state index is 0.491. The highest BCUT2D eigenvalue weighted by atomic mass is 16.5. The Morgan fingerprint density at radius 1 is 1.08 bits per heavy atom. The monoisotopic (exact) mass is 351 g/mol. The first-order chi connectivity index (χ1) is 12.7. The molecule has 0 unspecified atom stereocenters. The number of morpholine rings is 1. The fourth-order valence-corrected chi connectivity index (χ4v) is 2.96. The summed E-state index contributed by atoms with van der Waals surface area (Å²) in [6.45, 7) is 5.06. The fourth-order valence-electron chi connectivity index (χ4n) is 2.96. The zero-order valence-electron chi connectivity index (χ0n) is 14.9. The van der Waals surface area contributed by atoms with Crippen LogP contribution in [0.3, 0.4) is 0 Å². The lowest BCUT2D eigenvalue weighted by Crippen LogP contribution is -2.37. The van der Waals surface area contributed by atoms with Crippen LogP contribution < -0.4 is 9.64 Å². The number of hydrogen-bond donors (Lipinski definition) is 0. The van der Waals surface area contributed by atoms with Gasteiger partial charge in [0.15, 0.2) is 0 Å². The normalized spacial score (nSPS) is 14.5. The number of nitrogens with zero attached hydrogens (tertiary/aromatic N) is 5. The zero-order chi connectivity index (χ0) is 17.9. The number of rotatable bonds is 4. The van der Waals surface area contributed by atoms with Crippen LogP contribution in [0.2, 0.25) is 0 Å². The van der Waals surface area contributed by atoms with Crippen molar-refractivity contribution in [2.45, 2.75) is 6.92 Å². The molecule has 0 saturated carbocycles. The van der Waals surface area contributed by atoms with Crippen LogP contribution in [0.1, 0.15) is 5.56 Å². The van der Waals surface area contributed by atoms with Crippen LogP contribution in [0.4, 0.5) is 5.82 Å². The summed E-state index contributed by atoms with van der Waals surface area (Å²) in [7, 11) is 1.61. The summed E-state index contributed by atoms with van der Waals surface area (Å²) in [5.74, 6) is 1.83. The van der Waals surface area contributed by atoms with E-state index >= 15 is 0 Å². The summed E-state index contributed by atoms with van der Waals surface area (Å²) < 4.78 is 12.5. The number of methoxy groups -OCH3 is 1. The maximum absolute atomic E-state index is 5.42. The highest BCUT2D eigenvalue weighted by molar-refractivity contribution is 5.59. The van der Waals surface area contributed by atoms with Crippen LogP contribution in [0.5, 0.6) is 5.88 Å². The van der Waals surface area contributed by atoms with E-state index in [9.17, 15) is 0 Å². The molecule has 0 N–H and O–H groups in total. The predicted molar refractivity (Wildman–Crippen MR) is 98.9 cm³/mol. The molecule has 0 aliphatic carbocycles. The van der Waals surface area contributed by atoms with Gasteiger partial charge in [-0.3, -0.25) is 0 Å². The maximum Gasteiger partial charge on any atom is 0.255 e. The first-order valence-electron chi connectivity index (χ1n) is 8.62. The molecule has 2 aromatic heterocycles. The third kappa shape index (κ3) is 3.39.